The van der Waals surface area contributed by atoms with Crippen molar-refractivity contribution in [3.8, 4) is 10.4 Å². The predicted octanol–water partition coefficient (Wildman–Crippen LogP) is 3.05. The maximum atomic E-state index is 13.0. The second kappa shape index (κ2) is 9.05. The van der Waals surface area contributed by atoms with E-state index in [0.29, 0.717) is 19.5 Å². The Balaban J connectivity index is 1.60. The third-order valence-corrected chi connectivity index (χ3v) is 6.20. The van der Waals surface area contributed by atoms with Crippen molar-refractivity contribution in [2.75, 3.05) is 13.6 Å². The molecule has 1 fully saturated rings. The number of benzene rings is 1. The summed E-state index contributed by atoms with van der Waals surface area (Å²) < 4.78 is 0. The molecule has 2 atom stereocenters. The van der Waals surface area contributed by atoms with E-state index in [2.05, 4.69) is 15.6 Å². The number of thiazole rings is 1. The van der Waals surface area contributed by atoms with Gasteiger partial charge in [-0.15, -0.1) is 11.3 Å². The molecule has 1 aliphatic heterocycles. The van der Waals surface area contributed by atoms with Crippen molar-refractivity contribution in [3.05, 3.63) is 41.5 Å². The first-order chi connectivity index (χ1) is 13.8. The highest BCUT2D eigenvalue weighted by Gasteiger charge is 2.40. The Morgan fingerprint density at radius 3 is 2.59 bits per heavy atom. The zero-order valence-corrected chi connectivity index (χ0v) is 18.4. The van der Waals surface area contributed by atoms with E-state index in [0.717, 1.165) is 22.4 Å². The highest BCUT2D eigenvalue weighted by Crippen LogP contribution is 2.26. The number of rotatable bonds is 6. The summed E-state index contributed by atoms with van der Waals surface area (Å²) in [5.74, 6) is -0.0716. The second-order valence-corrected chi connectivity index (χ2v) is 9.44. The molecule has 3 rings (SSSR count). The zero-order valence-electron chi connectivity index (χ0n) is 17.6. The third kappa shape index (κ3) is 5.03. The lowest BCUT2D eigenvalue weighted by molar-refractivity contribution is -0.142. The second-order valence-electron chi connectivity index (χ2n) is 8.56. The number of nitrogens with one attached hydrogen (secondary N) is 2. The Bertz CT molecular complexity index is 827. The first-order valence-corrected chi connectivity index (χ1v) is 10.9. The number of carbonyl (C=O) groups excluding carboxylic acids is 2. The molecule has 0 aliphatic carbocycles. The van der Waals surface area contributed by atoms with Gasteiger partial charge in [0.05, 0.1) is 16.4 Å². The smallest absolute Gasteiger partial charge is 0.243 e. The number of aromatic nitrogens is 1. The molecule has 0 bridgehead atoms. The highest BCUT2D eigenvalue weighted by molar-refractivity contribution is 7.13. The van der Waals surface area contributed by atoms with Crippen LogP contribution in [-0.2, 0) is 16.1 Å². The molecule has 2 heterocycles. The number of hydrogen-bond donors (Lipinski definition) is 2. The average molecular weight is 415 g/mol. The van der Waals surface area contributed by atoms with Crippen LogP contribution in [0.4, 0.5) is 0 Å². The number of amides is 2. The summed E-state index contributed by atoms with van der Waals surface area (Å²) in [6.45, 7) is 7.19. The van der Waals surface area contributed by atoms with Gasteiger partial charge in [-0.2, -0.15) is 0 Å². The van der Waals surface area contributed by atoms with E-state index in [-0.39, 0.29) is 23.3 Å². The number of nitrogens with zero attached hydrogens (tertiary/aromatic N) is 2. The van der Waals surface area contributed by atoms with E-state index < -0.39 is 6.04 Å². The molecule has 2 aromatic rings. The monoisotopic (exact) mass is 414 g/mol. The Morgan fingerprint density at radius 2 is 2.00 bits per heavy atom. The van der Waals surface area contributed by atoms with Crippen molar-refractivity contribution in [1.82, 2.24) is 20.5 Å². The third-order valence-electron chi connectivity index (χ3n) is 5.38. The SMILES string of the molecule is CNC(C(=O)N1CCCC1C(=O)NCc1ccc(-c2cncs2)cc1)C(C)(C)C. The van der Waals surface area contributed by atoms with Crippen LogP contribution in [0.3, 0.4) is 0 Å². The van der Waals surface area contributed by atoms with Gasteiger partial charge in [-0.05, 0) is 36.4 Å². The quantitative estimate of drug-likeness (QED) is 0.762. The fraction of sp³-hybridized carbons (Fsp3) is 0.500. The maximum Gasteiger partial charge on any atom is 0.243 e. The van der Waals surface area contributed by atoms with Crippen molar-refractivity contribution >= 4 is 23.2 Å². The van der Waals surface area contributed by atoms with Crippen LogP contribution in [0.5, 0.6) is 0 Å². The number of carbonyl (C=O) groups is 2. The van der Waals surface area contributed by atoms with Gasteiger partial charge in [-0.3, -0.25) is 14.6 Å². The molecule has 6 nitrogen and oxygen atoms in total. The molecule has 0 spiro atoms. The van der Waals surface area contributed by atoms with Gasteiger partial charge in [0.2, 0.25) is 11.8 Å². The Labute approximate surface area is 176 Å². The lowest BCUT2D eigenvalue weighted by Gasteiger charge is -2.34. The maximum absolute atomic E-state index is 13.0. The van der Waals surface area contributed by atoms with E-state index in [1.807, 2.05) is 56.7 Å². The van der Waals surface area contributed by atoms with Gasteiger partial charge in [0.25, 0.3) is 0 Å². The van der Waals surface area contributed by atoms with Crippen molar-refractivity contribution in [2.45, 2.75) is 52.2 Å². The van der Waals surface area contributed by atoms with Gasteiger partial charge in [0.15, 0.2) is 0 Å². The van der Waals surface area contributed by atoms with E-state index in [9.17, 15) is 9.59 Å². The summed E-state index contributed by atoms with van der Waals surface area (Å²) in [7, 11) is 1.80. The van der Waals surface area contributed by atoms with Crippen LogP contribution in [0.2, 0.25) is 0 Å². The minimum atomic E-state index is -0.392. The fourth-order valence-electron chi connectivity index (χ4n) is 3.85. The first-order valence-electron chi connectivity index (χ1n) is 10.0. The minimum Gasteiger partial charge on any atom is -0.350 e. The molecule has 2 unspecified atom stereocenters. The van der Waals surface area contributed by atoms with E-state index in [4.69, 9.17) is 0 Å². The molecular formula is C22H30N4O2S. The van der Waals surface area contributed by atoms with Gasteiger partial charge in [-0.25, -0.2) is 0 Å². The van der Waals surface area contributed by atoms with E-state index >= 15 is 0 Å². The van der Waals surface area contributed by atoms with Crippen molar-refractivity contribution < 1.29 is 9.59 Å². The number of likely N-dealkylation sites (tertiary alicyclic amines) is 1. The molecule has 2 amide bonds. The summed E-state index contributed by atoms with van der Waals surface area (Å²) in [5, 5.41) is 6.14. The normalized spacial score (nSPS) is 17.9. The molecular weight excluding hydrogens is 384 g/mol. The van der Waals surface area contributed by atoms with Gasteiger partial charge in [0, 0.05) is 19.3 Å². The summed E-state index contributed by atoms with van der Waals surface area (Å²) >= 11 is 1.60. The lowest BCUT2D eigenvalue weighted by atomic mass is 9.86. The first kappa shape index (κ1) is 21.5. The van der Waals surface area contributed by atoms with Gasteiger partial charge < -0.3 is 15.5 Å². The molecule has 0 radical (unpaired) electrons. The van der Waals surface area contributed by atoms with Crippen LogP contribution < -0.4 is 10.6 Å². The summed E-state index contributed by atoms with van der Waals surface area (Å²) in [6.07, 6.45) is 3.42. The van der Waals surface area contributed by atoms with Gasteiger partial charge in [-0.1, -0.05) is 45.0 Å². The zero-order chi connectivity index (χ0) is 21.0. The van der Waals surface area contributed by atoms with E-state index in [1.165, 1.54) is 0 Å². The highest BCUT2D eigenvalue weighted by atomic mass is 32.1. The Hall–Kier alpha value is -2.25. The average Bonchev–Trinajstić information content (AvgIpc) is 3.37. The molecule has 29 heavy (non-hydrogen) atoms. The van der Waals surface area contributed by atoms with Gasteiger partial charge in [0.1, 0.15) is 6.04 Å². The topological polar surface area (TPSA) is 74.3 Å². The molecule has 1 aliphatic rings. The standard InChI is InChI=1S/C22H30N4O2S/c1-22(2,3)19(23-4)21(28)26-11-5-6-17(26)20(27)25-12-15-7-9-16(10-8-15)18-13-24-14-29-18/h7-10,13-14,17,19,23H,5-6,11-12H2,1-4H3,(H,25,27). The van der Waals surface area contributed by atoms with Crippen LogP contribution in [-0.4, -0.2) is 47.4 Å². The number of hydrogen-bond acceptors (Lipinski definition) is 5. The van der Waals surface area contributed by atoms with Crippen LogP contribution in [0.15, 0.2) is 36.0 Å². The fourth-order valence-corrected chi connectivity index (χ4v) is 4.48. The van der Waals surface area contributed by atoms with Crippen molar-refractivity contribution in [3.63, 3.8) is 0 Å². The summed E-state index contributed by atoms with van der Waals surface area (Å²) in [6, 6.07) is 7.42. The largest absolute Gasteiger partial charge is 0.350 e. The minimum absolute atomic E-state index is 0.00607. The van der Waals surface area contributed by atoms with Crippen molar-refractivity contribution in [1.29, 1.82) is 0 Å². The van der Waals surface area contributed by atoms with Crippen molar-refractivity contribution in [2.24, 2.45) is 5.41 Å². The van der Waals surface area contributed by atoms with Crippen LogP contribution in [0, 0.1) is 5.41 Å². The van der Waals surface area contributed by atoms with Gasteiger partial charge >= 0.3 is 0 Å². The summed E-state index contributed by atoms with van der Waals surface area (Å²) in [4.78, 5) is 32.8. The molecule has 1 saturated heterocycles. The molecule has 156 valence electrons. The van der Waals surface area contributed by atoms with Crippen LogP contribution in [0.1, 0.15) is 39.2 Å². The molecule has 2 N–H and O–H groups in total. The Morgan fingerprint density at radius 1 is 1.28 bits per heavy atom. The molecule has 1 aromatic heterocycles. The van der Waals surface area contributed by atoms with E-state index in [1.54, 1.807) is 23.3 Å². The predicted molar refractivity (Wildman–Crippen MR) is 116 cm³/mol. The summed E-state index contributed by atoms with van der Waals surface area (Å²) in [5.41, 5.74) is 3.76. The molecule has 0 saturated carbocycles. The lowest BCUT2D eigenvalue weighted by Crippen LogP contribution is -2.55. The molecule has 7 heteroatoms. The Kier molecular flexibility index (Phi) is 6.70. The molecule has 1 aromatic carbocycles. The van der Waals surface area contributed by atoms with Crippen LogP contribution >= 0.6 is 11.3 Å². The van der Waals surface area contributed by atoms with Crippen LogP contribution in [0.25, 0.3) is 10.4 Å². The number of likely N-dealkylation sites (N-methyl/N-ethyl adjacent to an activating group) is 1.